The Morgan fingerprint density at radius 1 is 1.29 bits per heavy atom. The van der Waals surface area contributed by atoms with Gasteiger partial charge in [0.2, 0.25) is 0 Å². The highest BCUT2D eigenvalue weighted by atomic mass is 16.5. The third-order valence-corrected chi connectivity index (χ3v) is 2.00. The van der Waals surface area contributed by atoms with Crippen molar-refractivity contribution in [2.75, 3.05) is 0 Å². The number of hydroxylamine groups is 1. The van der Waals surface area contributed by atoms with E-state index in [2.05, 4.69) is 4.98 Å². The smallest absolute Gasteiger partial charge is 0.274 e. The lowest BCUT2D eigenvalue weighted by Crippen LogP contribution is -2.18. The molecule has 0 atom stereocenters. The van der Waals surface area contributed by atoms with Crippen molar-refractivity contribution < 1.29 is 10.0 Å². The number of pyridine rings is 1. The fraction of sp³-hybridized carbons (Fsp3) is 0. The Hall–Kier alpha value is -1.94. The zero-order valence-electron chi connectivity index (χ0n) is 7.27. The number of benzene rings is 1. The van der Waals surface area contributed by atoms with E-state index in [0.29, 0.717) is 5.56 Å². The number of amides is 1. The SMILES string of the molecule is O=C(NO)c1ccc2cnccc2c1. The summed E-state index contributed by atoms with van der Waals surface area (Å²) in [6.45, 7) is 0. The number of nitrogens with one attached hydrogen (secondary N) is 1. The van der Waals surface area contributed by atoms with Crippen molar-refractivity contribution in [1.82, 2.24) is 10.5 Å². The maximum atomic E-state index is 11.1. The molecule has 0 bridgehead atoms. The van der Waals surface area contributed by atoms with Crippen LogP contribution >= 0.6 is 0 Å². The summed E-state index contributed by atoms with van der Waals surface area (Å²) < 4.78 is 0. The highest BCUT2D eigenvalue weighted by Gasteiger charge is 2.03. The van der Waals surface area contributed by atoms with Crippen molar-refractivity contribution in [3.63, 3.8) is 0 Å². The number of carbonyl (C=O) groups excluding carboxylic acids is 1. The van der Waals surface area contributed by atoms with E-state index in [1.54, 1.807) is 36.1 Å². The molecule has 70 valence electrons. The van der Waals surface area contributed by atoms with Gasteiger partial charge in [0.25, 0.3) is 5.91 Å². The Labute approximate surface area is 80.2 Å². The zero-order valence-corrected chi connectivity index (χ0v) is 7.27. The normalized spacial score (nSPS) is 10.1. The average molecular weight is 188 g/mol. The molecule has 4 heteroatoms. The number of aromatic nitrogens is 1. The second-order valence-electron chi connectivity index (χ2n) is 2.88. The van der Waals surface area contributed by atoms with Gasteiger partial charge in [-0.15, -0.1) is 0 Å². The second kappa shape index (κ2) is 3.43. The molecule has 14 heavy (non-hydrogen) atoms. The molecule has 1 aromatic heterocycles. The molecule has 0 unspecified atom stereocenters. The van der Waals surface area contributed by atoms with Crippen molar-refractivity contribution in [1.29, 1.82) is 0 Å². The number of fused-ring (bicyclic) bond motifs is 1. The minimum atomic E-state index is -0.510. The van der Waals surface area contributed by atoms with Gasteiger partial charge in [0.1, 0.15) is 0 Å². The van der Waals surface area contributed by atoms with Crippen LogP contribution in [0.4, 0.5) is 0 Å². The molecule has 0 spiro atoms. The highest BCUT2D eigenvalue weighted by Crippen LogP contribution is 2.14. The van der Waals surface area contributed by atoms with Gasteiger partial charge >= 0.3 is 0 Å². The molecule has 4 nitrogen and oxygen atoms in total. The van der Waals surface area contributed by atoms with E-state index in [1.807, 2.05) is 6.07 Å². The van der Waals surface area contributed by atoms with Crippen molar-refractivity contribution in [2.45, 2.75) is 0 Å². The molecule has 2 N–H and O–H groups in total. The van der Waals surface area contributed by atoms with Crippen molar-refractivity contribution in [3.05, 3.63) is 42.2 Å². The standard InChI is InChI=1S/C10H8N2O2/c13-10(12-14)8-1-2-9-6-11-4-3-7(9)5-8/h1-6,14H,(H,12,13). The first-order valence-electron chi connectivity index (χ1n) is 4.09. The molecule has 0 aliphatic carbocycles. The lowest BCUT2D eigenvalue weighted by molar-refractivity contribution is 0.0706. The van der Waals surface area contributed by atoms with Crippen LogP contribution in [0.1, 0.15) is 10.4 Å². The summed E-state index contributed by atoms with van der Waals surface area (Å²) in [7, 11) is 0. The summed E-state index contributed by atoms with van der Waals surface area (Å²) in [5.41, 5.74) is 2.01. The molecule has 0 aliphatic rings. The molecule has 2 aromatic rings. The highest BCUT2D eigenvalue weighted by molar-refractivity contribution is 5.97. The van der Waals surface area contributed by atoms with Crippen LogP contribution in [0.3, 0.4) is 0 Å². The largest absolute Gasteiger partial charge is 0.288 e. The van der Waals surface area contributed by atoms with Crippen LogP contribution in [-0.2, 0) is 0 Å². The first kappa shape index (κ1) is 8.65. The number of rotatable bonds is 1. The van der Waals surface area contributed by atoms with Gasteiger partial charge in [-0.05, 0) is 23.6 Å². The van der Waals surface area contributed by atoms with Gasteiger partial charge in [0.15, 0.2) is 0 Å². The van der Waals surface area contributed by atoms with Gasteiger partial charge in [0, 0.05) is 23.3 Å². The number of hydrogen-bond acceptors (Lipinski definition) is 3. The minimum absolute atomic E-state index is 0.422. The van der Waals surface area contributed by atoms with Crippen LogP contribution in [0.15, 0.2) is 36.7 Å². The topological polar surface area (TPSA) is 62.2 Å². The van der Waals surface area contributed by atoms with E-state index < -0.39 is 5.91 Å². The van der Waals surface area contributed by atoms with Crippen LogP contribution in [0.25, 0.3) is 10.8 Å². The van der Waals surface area contributed by atoms with Crippen LogP contribution in [-0.4, -0.2) is 16.1 Å². The number of nitrogens with zero attached hydrogens (tertiary/aromatic N) is 1. The molecule has 2 rings (SSSR count). The van der Waals surface area contributed by atoms with E-state index in [1.165, 1.54) is 0 Å². The molecule has 1 heterocycles. The molecule has 0 fully saturated rings. The zero-order chi connectivity index (χ0) is 9.97. The molecular formula is C10H8N2O2. The summed E-state index contributed by atoms with van der Waals surface area (Å²) in [6, 6.07) is 6.93. The summed E-state index contributed by atoms with van der Waals surface area (Å²) in [5, 5.41) is 10.3. The van der Waals surface area contributed by atoms with E-state index in [-0.39, 0.29) is 0 Å². The Morgan fingerprint density at radius 3 is 2.93 bits per heavy atom. The van der Waals surface area contributed by atoms with Crippen molar-refractivity contribution in [3.8, 4) is 0 Å². The maximum Gasteiger partial charge on any atom is 0.274 e. The van der Waals surface area contributed by atoms with Crippen LogP contribution in [0.5, 0.6) is 0 Å². The maximum absolute atomic E-state index is 11.1. The fourth-order valence-electron chi connectivity index (χ4n) is 1.29. The first-order chi connectivity index (χ1) is 6.81. The average Bonchev–Trinajstić information content (AvgIpc) is 2.27. The van der Waals surface area contributed by atoms with Gasteiger partial charge < -0.3 is 0 Å². The van der Waals surface area contributed by atoms with Gasteiger partial charge in [-0.1, -0.05) is 6.07 Å². The van der Waals surface area contributed by atoms with Crippen molar-refractivity contribution in [2.24, 2.45) is 0 Å². The third-order valence-electron chi connectivity index (χ3n) is 2.00. The molecule has 0 aliphatic heterocycles. The summed E-state index contributed by atoms with van der Waals surface area (Å²) in [6.07, 6.45) is 3.37. The van der Waals surface area contributed by atoms with Crippen LogP contribution in [0.2, 0.25) is 0 Å². The Balaban J connectivity index is 2.56. The van der Waals surface area contributed by atoms with E-state index in [4.69, 9.17) is 5.21 Å². The number of hydrogen-bond donors (Lipinski definition) is 2. The molecule has 0 saturated carbocycles. The van der Waals surface area contributed by atoms with Crippen LogP contribution < -0.4 is 5.48 Å². The minimum Gasteiger partial charge on any atom is -0.288 e. The Morgan fingerprint density at radius 2 is 2.14 bits per heavy atom. The summed E-state index contributed by atoms with van der Waals surface area (Å²) in [5.74, 6) is -0.510. The van der Waals surface area contributed by atoms with E-state index in [9.17, 15) is 4.79 Å². The Bertz CT molecular complexity index is 482. The fourth-order valence-corrected chi connectivity index (χ4v) is 1.29. The monoisotopic (exact) mass is 188 g/mol. The van der Waals surface area contributed by atoms with E-state index >= 15 is 0 Å². The Kier molecular flexibility index (Phi) is 2.12. The van der Waals surface area contributed by atoms with Gasteiger partial charge in [-0.2, -0.15) is 0 Å². The lowest BCUT2D eigenvalue weighted by atomic mass is 10.1. The van der Waals surface area contributed by atoms with Crippen LogP contribution in [0, 0.1) is 0 Å². The molecule has 0 radical (unpaired) electrons. The lowest BCUT2D eigenvalue weighted by Gasteiger charge is -2.00. The molecule has 0 saturated heterocycles. The predicted octanol–water partition coefficient (Wildman–Crippen LogP) is 1.35. The summed E-state index contributed by atoms with van der Waals surface area (Å²) >= 11 is 0. The van der Waals surface area contributed by atoms with Gasteiger partial charge in [-0.3, -0.25) is 15.0 Å². The van der Waals surface area contributed by atoms with Gasteiger partial charge in [-0.25, -0.2) is 5.48 Å². The molecule has 1 amide bonds. The molecule has 1 aromatic carbocycles. The first-order valence-corrected chi connectivity index (χ1v) is 4.09. The third kappa shape index (κ3) is 1.43. The molecular weight excluding hydrogens is 180 g/mol. The number of carbonyl (C=O) groups is 1. The van der Waals surface area contributed by atoms with Gasteiger partial charge in [0.05, 0.1) is 0 Å². The predicted molar refractivity (Wildman–Crippen MR) is 51.0 cm³/mol. The second-order valence-corrected chi connectivity index (χ2v) is 2.88. The van der Waals surface area contributed by atoms with E-state index in [0.717, 1.165) is 10.8 Å². The summed E-state index contributed by atoms with van der Waals surface area (Å²) in [4.78, 5) is 15.0. The van der Waals surface area contributed by atoms with Crippen molar-refractivity contribution >= 4 is 16.7 Å². The quantitative estimate of drug-likeness (QED) is 0.524.